The van der Waals surface area contributed by atoms with Crippen LogP contribution in [-0.4, -0.2) is 60.8 Å². The number of rotatable bonds is 20. The van der Waals surface area contributed by atoms with E-state index in [2.05, 4.69) is 23.0 Å². The summed E-state index contributed by atoms with van der Waals surface area (Å²) in [5.74, 6) is 0.879. The molecule has 0 saturated heterocycles. The second kappa shape index (κ2) is 20.1. The van der Waals surface area contributed by atoms with E-state index >= 15 is 0 Å². The van der Waals surface area contributed by atoms with E-state index in [1.165, 1.54) is 11.8 Å². The van der Waals surface area contributed by atoms with E-state index in [1.807, 2.05) is 63.4 Å². The number of halogens is 1. The smallest absolute Gasteiger partial charge is 0.332 e. The Hall–Kier alpha value is -3.36. The molecule has 0 bridgehead atoms. The van der Waals surface area contributed by atoms with Gasteiger partial charge in [-0.3, -0.25) is 0 Å². The molecule has 0 fully saturated rings. The fourth-order valence-corrected chi connectivity index (χ4v) is 5.34. The van der Waals surface area contributed by atoms with Crippen LogP contribution in [0.25, 0.3) is 0 Å². The van der Waals surface area contributed by atoms with Gasteiger partial charge in [0.2, 0.25) is 0 Å². The first-order chi connectivity index (χ1) is 22.6. The maximum Gasteiger partial charge on any atom is 0.332 e. The predicted octanol–water partition coefficient (Wildman–Crippen LogP) is 8.16. The van der Waals surface area contributed by atoms with Crippen molar-refractivity contribution in [1.82, 2.24) is 9.97 Å². The summed E-state index contributed by atoms with van der Waals surface area (Å²) in [5.41, 5.74) is 2.90. The second-order valence-electron chi connectivity index (χ2n) is 11.9. The van der Waals surface area contributed by atoms with Crippen LogP contribution in [0.15, 0.2) is 53.9 Å². The van der Waals surface area contributed by atoms with Crippen molar-refractivity contribution in [2.75, 3.05) is 39.3 Å². The number of nitrogens with zero attached hydrogens (tertiary/aromatic N) is 3. The summed E-state index contributed by atoms with van der Waals surface area (Å²) in [7, 11) is 0. The van der Waals surface area contributed by atoms with Crippen molar-refractivity contribution in [2.45, 2.75) is 83.1 Å². The molecule has 1 atom stereocenters. The van der Waals surface area contributed by atoms with Gasteiger partial charge in [-0.15, -0.1) is 0 Å². The minimum Gasteiger partial charge on any atom is -0.491 e. The standard InChI is InChI=1S/C36H46ClN3O6S/c1-6-31(27-11-13-30(14-12-27)45-24-26-22-39-35(47-5)40-23-26)28-19-29(21-38)34(32(37)20-28)44-18-9-7-8-15-42-16-10-17-43-25-33(41)46-36(2,3)4/h11-14,19-20,22-23,31H,6-10,15-18,24-25H2,1-5H3. The first kappa shape index (κ1) is 38.1. The number of unbranched alkanes of at least 4 members (excludes halogenated alkanes) is 2. The van der Waals surface area contributed by atoms with Crippen LogP contribution >= 0.6 is 23.4 Å². The molecule has 47 heavy (non-hydrogen) atoms. The van der Waals surface area contributed by atoms with E-state index in [0.717, 1.165) is 53.3 Å². The van der Waals surface area contributed by atoms with Gasteiger partial charge < -0.3 is 23.7 Å². The monoisotopic (exact) mass is 683 g/mol. The van der Waals surface area contributed by atoms with Crippen LogP contribution in [0, 0.1) is 11.3 Å². The van der Waals surface area contributed by atoms with E-state index in [4.69, 9.17) is 35.3 Å². The van der Waals surface area contributed by atoms with Crippen LogP contribution in [0.5, 0.6) is 11.5 Å². The molecule has 3 rings (SSSR count). The molecule has 0 spiro atoms. The van der Waals surface area contributed by atoms with Crippen molar-refractivity contribution >= 4 is 29.3 Å². The molecule has 11 heteroatoms. The minimum absolute atomic E-state index is 0.0489. The minimum atomic E-state index is -0.508. The van der Waals surface area contributed by atoms with Crippen molar-refractivity contribution in [3.05, 3.63) is 76.1 Å². The number of benzene rings is 2. The topological polar surface area (TPSA) is 113 Å². The largest absolute Gasteiger partial charge is 0.491 e. The van der Waals surface area contributed by atoms with E-state index in [1.54, 1.807) is 12.4 Å². The van der Waals surface area contributed by atoms with E-state index < -0.39 is 5.60 Å². The maximum atomic E-state index is 11.6. The Morgan fingerprint density at radius 1 is 0.936 bits per heavy atom. The van der Waals surface area contributed by atoms with Crippen LogP contribution in [0.4, 0.5) is 0 Å². The van der Waals surface area contributed by atoms with Crippen LogP contribution in [-0.2, 0) is 25.6 Å². The second-order valence-corrected chi connectivity index (χ2v) is 13.1. The summed E-state index contributed by atoms with van der Waals surface area (Å²) in [6.45, 7) is 10.0. The Kier molecular flexibility index (Phi) is 16.3. The Bertz CT molecular complexity index is 1420. The van der Waals surface area contributed by atoms with Crippen molar-refractivity contribution in [1.29, 1.82) is 5.26 Å². The lowest BCUT2D eigenvalue weighted by atomic mass is 9.88. The zero-order valence-corrected chi connectivity index (χ0v) is 29.6. The fourth-order valence-electron chi connectivity index (χ4n) is 4.74. The van der Waals surface area contributed by atoms with Crippen LogP contribution in [0.1, 0.15) is 88.0 Å². The molecule has 0 saturated carbocycles. The number of carbonyl (C=O) groups is 1. The van der Waals surface area contributed by atoms with Crippen LogP contribution in [0.3, 0.4) is 0 Å². The maximum absolute atomic E-state index is 11.6. The molecule has 0 aliphatic carbocycles. The van der Waals surface area contributed by atoms with E-state index in [0.29, 0.717) is 55.8 Å². The number of hydrogen-bond donors (Lipinski definition) is 0. The molecular formula is C36H46ClN3O6S. The summed E-state index contributed by atoms with van der Waals surface area (Å²) in [6, 6.07) is 14.0. The van der Waals surface area contributed by atoms with E-state index in [9.17, 15) is 10.1 Å². The molecule has 1 unspecified atom stereocenters. The molecule has 1 aromatic heterocycles. The molecule has 0 radical (unpaired) electrons. The third-order valence-corrected chi connectivity index (χ3v) is 7.80. The molecule has 1 heterocycles. The highest BCUT2D eigenvalue weighted by Crippen LogP contribution is 2.37. The van der Waals surface area contributed by atoms with Crippen LogP contribution < -0.4 is 9.47 Å². The molecule has 2 aromatic carbocycles. The summed E-state index contributed by atoms with van der Waals surface area (Å²) in [6.07, 6.45) is 9.66. The first-order valence-electron chi connectivity index (χ1n) is 15.9. The Balaban J connectivity index is 1.39. The highest BCUT2D eigenvalue weighted by Gasteiger charge is 2.19. The quantitative estimate of drug-likeness (QED) is 0.0500. The summed E-state index contributed by atoms with van der Waals surface area (Å²) in [4.78, 5) is 20.2. The number of esters is 1. The van der Waals surface area contributed by atoms with Crippen molar-refractivity contribution in [2.24, 2.45) is 0 Å². The molecule has 9 nitrogen and oxygen atoms in total. The third-order valence-electron chi connectivity index (χ3n) is 6.95. The number of thioether (sulfide) groups is 1. The number of aromatic nitrogens is 2. The number of nitriles is 1. The zero-order valence-electron chi connectivity index (χ0n) is 28.1. The average molecular weight is 684 g/mol. The lowest BCUT2D eigenvalue weighted by Gasteiger charge is -2.19. The van der Waals surface area contributed by atoms with Gasteiger partial charge in [-0.1, -0.05) is 42.4 Å². The Morgan fingerprint density at radius 3 is 2.28 bits per heavy atom. The molecule has 254 valence electrons. The van der Waals surface area contributed by atoms with Gasteiger partial charge in [-0.05, 0) is 94.5 Å². The average Bonchev–Trinajstić information content (AvgIpc) is 3.05. The molecule has 0 amide bonds. The molecule has 3 aromatic rings. The number of hydrogen-bond acceptors (Lipinski definition) is 10. The highest BCUT2D eigenvalue weighted by atomic mass is 35.5. The third kappa shape index (κ3) is 13.7. The van der Waals surface area contributed by atoms with Gasteiger partial charge in [-0.2, -0.15) is 5.26 Å². The van der Waals surface area contributed by atoms with Gasteiger partial charge in [0.05, 0.1) is 17.2 Å². The molecular weight excluding hydrogens is 638 g/mol. The van der Waals surface area contributed by atoms with Crippen LogP contribution in [0.2, 0.25) is 5.02 Å². The van der Waals surface area contributed by atoms with Crippen molar-refractivity contribution < 1.29 is 28.5 Å². The molecule has 0 aliphatic rings. The van der Waals surface area contributed by atoms with Gasteiger partial charge in [0.15, 0.2) is 10.9 Å². The first-order valence-corrected chi connectivity index (χ1v) is 17.5. The summed E-state index contributed by atoms with van der Waals surface area (Å²) < 4.78 is 28.1. The van der Waals surface area contributed by atoms with E-state index in [-0.39, 0.29) is 18.5 Å². The van der Waals surface area contributed by atoms with Gasteiger partial charge in [0.1, 0.15) is 30.6 Å². The van der Waals surface area contributed by atoms with Gasteiger partial charge in [0.25, 0.3) is 0 Å². The van der Waals surface area contributed by atoms with Gasteiger partial charge >= 0.3 is 5.97 Å². The number of carbonyl (C=O) groups excluding carboxylic acids is 1. The molecule has 0 N–H and O–H groups in total. The lowest BCUT2D eigenvalue weighted by molar-refractivity contribution is -0.160. The van der Waals surface area contributed by atoms with Gasteiger partial charge in [0, 0.05) is 43.7 Å². The SMILES string of the molecule is CCC(c1ccc(OCc2cnc(SC)nc2)cc1)c1cc(Cl)c(OCCCCCOCCCOCC(=O)OC(C)(C)C)c(C#N)c1. The Morgan fingerprint density at radius 2 is 1.62 bits per heavy atom. The zero-order chi connectivity index (χ0) is 34.1. The fraction of sp³-hybridized carbons (Fsp3) is 0.500. The van der Waals surface area contributed by atoms with Crippen molar-refractivity contribution in [3.63, 3.8) is 0 Å². The molecule has 0 aliphatic heterocycles. The summed E-state index contributed by atoms with van der Waals surface area (Å²) in [5, 5.41) is 11.1. The number of ether oxygens (including phenoxy) is 5. The van der Waals surface area contributed by atoms with Gasteiger partial charge in [-0.25, -0.2) is 14.8 Å². The summed E-state index contributed by atoms with van der Waals surface area (Å²) >= 11 is 8.16. The van der Waals surface area contributed by atoms with Crippen molar-refractivity contribution in [3.8, 4) is 17.6 Å². The normalized spacial score (nSPS) is 11.9. The predicted molar refractivity (Wildman–Crippen MR) is 184 cm³/mol. The Labute approximate surface area is 288 Å². The lowest BCUT2D eigenvalue weighted by Crippen LogP contribution is -2.26. The highest BCUT2D eigenvalue weighted by molar-refractivity contribution is 7.98.